The maximum Gasteiger partial charge on any atom is 0.129 e. The Bertz CT molecular complexity index is 743. The summed E-state index contributed by atoms with van der Waals surface area (Å²) >= 11 is 0. The molecule has 0 aliphatic heterocycles. The second-order valence-electron chi connectivity index (χ2n) is 6.89. The smallest absolute Gasteiger partial charge is 0.129 e. The van der Waals surface area contributed by atoms with Crippen molar-refractivity contribution < 1.29 is 5.11 Å². The van der Waals surface area contributed by atoms with Crippen molar-refractivity contribution in [1.82, 2.24) is 4.98 Å². The van der Waals surface area contributed by atoms with Crippen molar-refractivity contribution in [1.29, 1.82) is 0 Å². The average Bonchev–Trinajstić information content (AvgIpc) is 2.33. The van der Waals surface area contributed by atoms with Gasteiger partial charge < -0.3 is 10.8 Å². The molecule has 0 spiro atoms. The maximum atomic E-state index is 10.1. The predicted molar refractivity (Wildman–Crippen MR) is 91.6 cm³/mol. The third-order valence-corrected chi connectivity index (χ3v) is 3.88. The molecule has 1 aromatic heterocycles. The van der Waals surface area contributed by atoms with Gasteiger partial charge in [0.05, 0.1) is 16.9 Å². The largest absolute Gasteiger partial charge is 0.397 e. The number of nitrogen functional groups attached to an aromatic ring is 1. The van der Waals surface area contributed by atoms with Gasteiger partial charge in [0.2, 0.25) is 0 Å². The summed E-state index contributed by atoms with van der Waals surface area (Å²) < 4.78 is 0. The van der Waals surface area contributed by atoms with Gasteiger partial charge in [0.15, 0.2) is 0 Å². The monoisotopic (exact) mass is 298 g/mol. The lowest BCUT2D eigenvalue weighted by Crippen LogP contribution is -2.19. The van der Waals surface area contributed by atoms with Crippen molar-refractivity contribution in [3.8, 4) is 11.5 Å². The van der Waals surface area contributed by atoms with E-state index >= 15 is 0 Å². The first-order chi connectivity index (χ1) is 9.56. The average molecular weight is 298 g/mol. The van der Waals surface area contributed by atoms with E-state index in [9.17, 15) is 5.11 Å². The summed E-state index contributed by atoms with van der Waals surface area (Å²) in [6.45, 7) is 10.0. The van der Waals surface area contributed by atoms with Crippen LogP contribution in [0.5, 0.6) is 0 Å². The highest BCUT2D eigenvalue weighted by Gasteiger charge is 2.21. The molecule has 1 aromatic carbocycles. The second kappa shape index (κ2) is 5.17. The standard InChI is InChI=1S/C17H22N2OSi/c1-17(2,20)16-14(18)11-13-10-12(6-7-15(13)19-16)8-9-21(3,4)5/h6-7,10-11,20H,18H2,1-5H3. The molecule has 21 heavy (non-hydrogen) atoms. The first-order valence-electron chi connectivity index (χ1n) is 7.02. The molecule has 0 amide bonds. The highest BCUT2D eigenvalue weighted by Crippen LogP contribution is 2.27. The highest BCUT2D eigenvalue weighted by molar-refractivity contribution is 6.83. The number of hydrogen-bond donors (Lipinski definition) is 2. The zero-order valence-corrected chi connectivity index (χ0v) is 14.3. The normalized spacial score (nSPS) is 12.1. The fourth-order valence-electron chi connectivity index (χ4n) is 2.02. The number of benzene rings is 1. The van der Waals surface area contributed by atoms with Crippen LogP contribution >= 0.6 is 0 Å². The highest BCUT2D eigenvalue weighted by atomic mass is 28.3. The molecular weight excluding hydrogens is 276 g/mol. The summed E-state index contributed by atoms with van der Waals surface area (Å²) in [5.74, 6) is 3.23. The van der Waals surface area contributed by atoms with Crippen molar-refractivity contribution in [2.24, 2.45) is 0 Å². The van der Waals surface area contributed by atoms with Crippen LogP contribution in [-0.2, 0) is 5.60 Å². The molecule has 0 aliphatic carbocycles. The summed E-state index contributed by atoms with van der Waals surface area (Å²) in [6.07, 6.45) is 0. The van der Waals surface area contributed by atoms with Crippen LogP contribution in [0.3, 0.4) is 0 Å². The number of aliphatic hydroxyl groups is 1. The number of anilines is 1. The Morgan fingerprint density at radius 2 is 1.86 bits per heavy atom. The molecule has 0 fully saturated rings. The van der Waals surface area contributed by atoms with E-state index < -0.39 is 13.7 Å². The van der Waals surface area contributed by atoms with Crippen LogP contribution in [0.1, 0.15) is 25.1 Å². The van der Waals surface area contributed by atoms with Crippen molar-refractivity contribution in [2.45, 2.75) is 39.1 Å². The summed E-state index contributed by atoms with van der Waals surface area (Å²) in [5.41, 5.74) is 11.1. The third-order valence-electron chi connectivity index (χ3n) is 3.01. The van der Waals surface area contributed by atoms with Gasteiger partial charge in [-0.3, -0.25) is 0 Å². The molecule has 0 aliphatic rings. The number of pyridine rings is 1. The van der Waals surface area contributed by atoms with E-state index in [0.717, 1.165) is 16.5 Å². The van der Waals surface area contributed by atoms with Crippen LogP contribution in [0, 0.1) is 11.5 Å². The van der Waals surface area contributed by atoms with Gasteiger partial charge in [-0.1, -0.05) is 25.6 Å². The third kappa shape index (κ3) is 3.84. The number of fused-ring (bicyclic) bond motifs is 1. The van der Waals surface area contributed by atoms with Crippen LogP contribution in [0.4, 0.5) is 5.69 Å². The van der Waals surface area contributed by atoms with Gasteiger partial charge in [0.25, 0.3) is 0 Å². The van der Waals surface area contributed by atoms with Gasteiger partial charge in [-0.25, -0.2) is 4.98 Å². The van der Waals surface area contributed by atoms with Crippen molar-refractivity contribution in [3.05, 3.63) is 35.5 Å². The lowest BCUT2D eigenvalue weighted by atomic mass is 10.0. The number of rotatable bonds is 1. The van der Waals surface area contributed by atoms with Gasteiger partial charge in [0.1, 0.15) is 13.7 Å². The molecule has 0 radical (unpaired) electrons. The Labute approximate surface area is 127 Å². The Balaban J connectivity index is 2.53. The summed E-state index contributed by atoms with van der Waals surface area (Å²) in [7, 11) is -1.39. The molecule has 0 unspecified atom stereocenters. The van der Waals surface area contributed by atoms with Crippen LogP contribution < -0.4 is 5.73 Å². The van der Waals surface area contributed by atoms with Crippen LogP contribution in [-0.4, -0.2) is 18.2 Å². The van der Waals surface area contributed by atoms with Crippen molar-refractivity contribution in [2.75, 3.05) is 5.73 Å². The number of nitrogens with zero attached hydrogens (tertiary/aromatic N) is 1. The van der Waals surface area contributed by atoms with Crippen molar-refractivity contribution >= 4 is 24.7 Å². The Hall–Kier alpha value is -1.83. The molecular formula is C17H22N2OSi. The molecule has 1 heterocycles. The molecule has 3 N–H and O–H groups in total. The second-order valence-corrected chi connectivity index (χ2v) is 11.6. The molecule has 2 aromatic rings. The first kappa shape index (κ1) is 15.6. The van der Waals surface area contributed by atoms with Gasteiger partial charge in [-0.05, 0) is 38.1 Å². The number of hydrogen-bond acceptors (Lipinski definition) is 3. The van der Waals surface area contributed by atoms with Gasteiger partial charge >= 0.3 is 0 Å². The Kier molecular flexibility index (Phi) is 3.83. The van der Waals surface area contributed by atoms with Crippen molar-refractivity contribution in [3.63, 3.8) is 0 Å². The zero-order chi connectivity index (χ0) is 15.8. The molecule has 110 valence electrons. The maximum absolute atomic E-state index is 10.1. The minimum absolute atomic E-state index is 0.505. The van der Waals surface area contributed by atoms with E-state index in [1.54, 1.807) is 13.8 Å². The molecule has 3 nitrogen and oxygen atoms in total. The van der Waals surface area contributed by atoms with Gasteiger partial charge in [0, 0.05) is 10.9 Å². The fourth-order valence-corrected chi connectivity index (χ4v) is 2.54. The van der Waals surface area contributed by atoms with Crippen LogP contribution in [0.25, 0.3) is 10.9 Å². The minimum atomic E-state index is -1.39. The molecule has 0 saturated heterocycles. The molecule has 2 rings (SSSR count). The van der Waals surface area contributed by atoms with E-state index in [2.05, 4.69) is 36.1 Å². The molecule has 0 saturated carbocycles. The molecule has 4 heteroatoms. The predicted octanol–water partition coefficient (Wildman–Crippen LogP) is 3.27. The van der Waals surface area contributed by atoms with Crippen LogP contribution in [0.2, 0.25) is 19.6 Å². The number of nitrogens with two attached hydrogens (primary N) is 1. The van der Waals surface area contributed by atoms with Crippen LogP contribution in [0.15, 0.2) is 24.3 Å². The van der Waals surface area contributed by atoms with E-state index in [4.69, 9.17) is 5.73 Å². The fraction of sp³-hybridized carbons (Fsp3) is 0.353. The Morgan fingerprint density at radius 3 is 2.43 bits per heavy atom. The first-order valence-corrected chi connectivity index (χ1v) is 10.5. The molecule has 0 bridgehead atoms. The van der Waals surface area contributed by atoms with E-state index in [1.165, 1.54) is 0 Å². The minimum Gasteiger partial charge on any atom is -0.397 e. The number of aromatic nitrogens is 1. The lowest BCUT2D eigenvalue weighted by Gasteiger charge is -2.19. The Morgan fingerprint density at radius 1 is 1.19 bits per heavy atom. The zero-order valence-electron chi connectivity index (χ0n) is 13.3. The SMILES string of the molecule is CC(C)(O)c1nc2ccc(C#C[Si](C)(C)C)cc2cc1N. The topological polar surface area (TPSA) is 59.1 Å². The summed E-state index contributed by atoms with van der Waals surface area (Å²) in [6, 6.07) is 7.75. The van der Waals surface area contributed by atoms with E-state index in [0.29, 0.717) is 11.4 Å². The quantitative estimate of drug-likeness (QED) is 0.627. The van der Waals surface area contributed by atoms with Gasteiger partial charge in [-0.15, -0.1) is 5.54 Å². The summed E-state index contributed by atoms with van der Waals surface area (Å²) in [4.78, 5) is 4.48. The van der Waals surface area contributed by atoms with Gasteiger partial charge in [-0.2, -0.15) is 0 Å². The summed E-state index contributed by atoms with van der Waals surface area (Å²) in [5, 5.41) is 11.0. The van der Waals surface area contributed by atoms with E-state index in [-0.39, 0.29) is 0 Å². The molecule has 0 atom stereocenters. The lowest BCUT2D eigenvalue weighted by molar-refractivity contribution is 0.0751. The van der Waals surface area contributed by atoms with E-state index in [1.807, 2.05) is 24.3 Å².